The molecule has 1 saturated heterocycles. The number of fused-ring (bicyclic) bond motifs is 1. The summed E-state index contributed by atoms with van der Waals surface area (Å²) in [5, 5.41) is 1.01. The lowest BCUT2D eigenvalue weighted by Crippen LogP contribution is -2.49. The summed E-state index contributed by atoms with van der Waals surface area (Å²) in [7, 11) is 1.66. The predicted octanol–water partition coefficient (Wildman–Crippen LogP) is 3.90. The summed E-state index contributed by atoms with van der Waals surface area (Å²) in [6.07, 6.45) is 0.423. The van der Waals surface area contributed by atoms with Crippen LogP contribution in [0.1, 0.15) is 18.1 Å². The van der Waals surface area contributed by atoms with Crippen molar-refractivity contribution < 1.29 is 14.3 Å². The third kappa shape index (κ3) is 4.36. The lowest BCUT2D eigenvalue weighted by atomic mass is 10.1. The smallest absolute Gasteiger partial charge is 0.227 e. The Morgan fingerprint density at radius 2 is 1.93 bits per heavy atom. The molecular formula is C23H27N3O3S. The first-order valence-electron chi connectivity index (χ1n) is 10.3. The Balaban J connectivity index is 1.37. The highest BCUT2D eigenvalue weighted by Crippen LogP contribution is 2.32. The van der Waals surface area contributed by atoms with Crippen molar-refractivity contribution in [2.45, 2.75) is 20.3 Å². The molecule has 0 unspecified atom stereocenters. The second-order valence-electron chi connectivity index (χ2n) is 7.41. The second-order valence-corrected chi connectivity index (χ2v) is 8.42. The average Bonchev–Trinajstić information content (AvgIpc) is 3.18. The van der Waals surface area contributed by atoms with E-state index in [9.17, 15) is 4.79 Å². The Kier molecular flexibility index (Phi) is 6.08. The Morgan fingerprint density at radius 3 is 2.63 bits per heavy atom. The van der Waals surface area contributed by atoms with Crippen molar-refractivity contribution in [3.8, 4) is 11.5 Å². The van der Waals surface area contributed by atoms with Gasteiger partial charge in [0.15, 0.2) is 5.13 Å². The maximum absolute atomic E-state index is 12.8. The minimum Gasteiger partial charge on any atom is -0.496 e. The van der Waals surface area contributed by atoms with Gasteiger partial charge >= 0.3 is 0 Å². The van der Waals surface area contributed by atoms with E-state index in [2.05, 4.69) is 11.0 Å². The van der Waals surface area contributed by atoms with E-state index in [1.165, 1.54) is 0 Å². The molecule has 1 amide bonds. The van der Waals surface area contributed by atoms with E-state index in [1.807, 2.05) is 49.1 Å². The third-order valence-corrected chi connectivity index (χ3v) is 6.46. The molecule has 7 heteroatoms. The molecule has 0 radical (unpaired) electrons. The van der Waals surface area contributed by atoms with E-state index in [0.29, 0.717) is 26.1 Å². The summed E-state index contributed by atoms with van der Waals surface area (Å²) >= 11 is 1.68. The van der Waals surface area contributed by atoms with E-state index in [1.54, 1.807) is 18.4 Å². The summed E-state index contributed by atoms with van der Waals surface area (Å²) < 4.78 is 12.0. The number of benzene rings is 2. The van der Waals surface area contributed by atoms with E-state index < -0.39 is 0 Å². The average molecular weight is 426 g/mol. The number of rotatable bonds is 6. The van der Waals surface area contributed by atoms with Gasteiger partial charge in [0.2, 0.25) is 5.91 Å². The van der Waals surface area contributed by atoms with Crippen molar-refractivity contribution in [1.29, 1.82) is 0 Å². The number of aryl methyl sites for hydroxylation is 1. The summed E-state index contributed by atoms with van der Waals surface area (Å²) in [5.41, 5.74) is 3.07. The number of hydrogen-bond donors (Lipinski definition) is 0. The molecule has 1 aromatic heterocycles. The van der Waals surface area contributed by atoms with Crippen molar-refractivity contribution in [1.82, 2.24) is 9.88 Å². The lowest BCUT2D eigenvalue weighted by molar-refractivity contribution is -0.130. The Morgan fingerprint density at radius 1 is 1.13 bits per heavy atom. The molecule has 0 spiro atoms. The first kappa shape index (κ1) is 20.5. The zero-order chi connectivity index (χ0) is 21.1. The van der Waals surface area contributed by atoms with E-state index in [-0.39, 0.29) is 5.91 Å². The predicted molar refractivity (Wildman–Crippen MR) is 121 cm³/mol. The summed E-state index contributed by atoms with van der Waals surface area (Å²) in [5.74, 6) is 1.90. The quantitative estimate of drug-likeness (QED) is 0.600. The second kappa shape index (κ2) is 8.92. The molecule has 0 bridgehead atoms. The van der Waals surface area contributed by atoms with Gasteiger partial charge in [-0.15, -0.1) is 0 Å². The summed E-state index contributed by atoms with van der Waals surface area (Å²) in [6, 6.07) is 12.0. The number of carbonyl (C=O) groups excluding carboxylic acids is 1. The largest absolute Gasteiger partial charge is 0.496 e. The van der Waals surface area contributed by atoms with Gasteiger partial charge in [0, 0.05) is 26.2 Å². The number of hydrogen-bond acceptors (Lipinski definition) is 6. The van der Waals surface area contributed by atoms with Crippen LogP contribution in [-0.4, -0.2) is 55.7 Å². The number of carbonyl (C=O) groups is 1. The molecule has 1 aliphatic rings. The van der Waals surface area contributed by atoms with Gasteiger partial charge in [-0.1, -0.05) is 23.5 Å². The molecule has 3 aromatic rings. The lowest BCUT2D eigenvalue weighted by Gasteiger charge is -2.34. The maximum atomic E-state index is 12.8. The van der Waals surface area contributed by atoms with Crippen LogP contribution in [0.15, 0.2) is 36.4 Å². The van der Waals surface area contributed by atoms with Gasteiger partial charge in [0.25, 0.3) is 0 Å². The number of piperazine rings is 1. The highest BCUT2D eigenvalue weighted by molar-refractivity contribution is 7.22. The molecule has 1 aliphatic heterocycles. The number of thiazole rings is 1. The summed E-state index contributed by atoms with van der Waals surface area (Å²) in [6.45, 7) is 7.67. The molecule has 30 heavy (non-hydrogen) atoms. The Hall–Kier alpha value is -2.80. The molecule has 2 aromatic carbocycles. The Labute approximate surface area is 181 Å². The van der Waals surface area contributed by atoms with Crippen LogP contribution in [-0.2, 0) is 11.2 Å². The van der Waals surface area contributed by atoms with Crippen LogP contribution >= 0.6 is 11.3 Å². The van der Waals surface area contributed by atoms with Gasteiger partial charge < -0.3 is 19.3 Å². The molecule has 0 aliphatic carbocycles. The van der Waals surface area contributed by atoms with Crippen LogP contribution in [0.5, 0.6) is 11.5 Å². The van der Waals surface area contributed by atoms with E-state index in [0.717, 1.165) is 51.1 Å². The van der Waals surface area contributed by atoms with Crippen LogP contribution in [0.25, 0.3) is 10.2 Å². The molecule has 6 nitrogen and oxygen atoms in total. The van der Waals surface area contributed by atoms with Crippen molar-refractivity contribution in [3.05, 3.63) is 47.5 Å². The fourth-order valence-corrected chi connectivity index (χ4v) is 4.81. The van der Waals surface area contributed by atoms with Gasteiger partial charge in [-0.05, 0) is 49.2 Å². The van der Waals surface area contributed by atoms with Crippen LogP contribution in [0.3, 0.4) is 0 Å². The number of methoxy groups -OCH3 is 1. The molecule has 1 fully saturated rings. The zero-order valence-corrected chi connectivity index (χ0v) is 18.5. The maximum Gasteiger partial charge on any atom is 0.227 e. The molecule has 2 heterocycles. The van der Waals surface area contributed by atoms with E-state index >= 15 is 0 Å². The van der Waals surface area contributed by atoms with Crippen LogP contribution < -0.4 is 14.4 Å². The normalized spacial score (nSPS) is 14.2. The molecule has 158 valence electrons. The van der Waals surface area contributed by atoms with Crippen LogP contribution in [0.4, 0.5) is 5.13 Å². The monoisotopic (exact) mass is 425 g/mol. The van der Waals surface area contributed by atoms with Gasteiger partial charge in [0.1, 0.15) is 11.5 Å². The van der Waals surface area contributed by atoms with Gasteiger partial charge in [-0.25, -0.2) is 4.98 Å². The van der Waals surface area contributed by atoms with Gasteiger partial charge in [-0.3, -0.25) is 4.79 Å². The topological polar surface area (TPSA) is 54.9 Å². The first-order valence-corrected chi connectivity index (χ1v) is 11.1. The number of amides is 1. The molecule has 0 atom stereocenters. The fraction of sp³-hybridized carbons (Fsp3) is 0.391. The number of anilines is 1. The standard InChI is InChI=1S/C23H27N3O3S/c1-4-29-18-6-7-19-21(15-18)30-23(24-19)26-11-9-25(10-12-26)22(27)14-17-5-8-20(28-3)16(2)13-17/h5-8,13,15H,4,9-12,14H2,1-3H3. The third-order valence-electron chi connectivity index (χ3n) is 5.38. The van der Waals surface area contributed by atoms with Crippen LogP contribution in [0, 0.1) is 6.92 Å². The molecular weight excluding hydrogens is 398 g/mol. The highest BCUT2D eigenvalue weighted by atomic mass is 32.1. The van der Waals surface area contributed by atoms with Crippen LogP contribution in [0.2, 0.25) is 0 Å². The highest BCUT2D eigenvalue weighted by Gasteiger charge is 2.23. The van der Waals surface area contributed by atoms with Crippen molar-refractivity contribution in [2.75, 3.05) is 44.8 Å². The number of aromatic nitrogens is 1. The SMILES string of the molecule is CCOc1ccc2nc(N3CCN(C(=O)Cc4ccc(OC)c(C)c4)CC3)sc2c1. The number of nitrogens with zero attached hydrogens (tertiary/aromatic N) is 3. The summed E-state index contributed by atoms with van der Waals surface area (Å²) in [4.78, 5) is 21.8. The molecule has 0 saturated carbocycles. The minimum atomic E-state index is 0.171. The molecule has 0 N–H and O–H groups in total. The fourth-order valence-electron chi connectivity index (χ4n) is 3.77. The van der Waals surface area contributed by atoms with Crippen molar-refractivity contribution >= 4 is 32.6 Å². The first-order chi connectivity index (χ1) is 14.6. The number of ether oxygens (including phenoxy) is 2. The van der Waals surface area contributed by atoms with Gasteiger partial charge in [0.05, 0.1) is 30.4 Å². The Bertz CT molecular complexity index is 1040. The van der Waals surface area contributed by atoms with Gasteiger partial charge in [-0.2, -0.15) is 0 Å². The van der Waals surface area contributed by atoms with E-state index in [4.69, 9.17) is 14.5 Å². The van der Waals surface area contributed by atoms with Crippen molar-refractivity contribution in [3.63, 3.8) is 0 Å². The van der Waals surface area contributed by atoms with Crippen molar-refractivity contribution in [2.24, 2.45) is 0 Å². The zero-order valence-electron chi connectivity index (χ0n) is 17.7. The minimum absolute atomic E-state index is 0.171. The molecule has 4 rings (SSSR count).